The Bertz CT molecular complexity index is 524. The van der Waals surface area contributed by atoms with Gasteiger partial charge in [0.1, 0.15) is 0 Å². The van der Waals surface area contributed by atoms with Crippen LogP contribution >= 0.6 is 0 Å². The van der Waals surface area contributed by atoms with Gasteiger partial charge in [0.25, 0.3) is 0 Å². The minimum Gasteiger partial charge on any atom is -0.314 e. The molecule has 5 heteroatoms. The molecule has 0 bridgehead atoms. The molecule has 1 rings (SSSR count). The maximum Gasteiger partial charge on any atom is 0.240 e. The Morgan fingerprint density at radius 1 is 1.05 bits per heavy atom. The second-order valence-electron chi connectivity index (χ2n) is 5.71. The van der Waals surface area contributed by atoms with Crippen LogP contribution in [-0.2, 0) is 10.0 Å². The molecule has 0 saturated heterocycles. The molecule has 0 aromatic heterocycles. The van der Waals surface area contributed by atoms with Gasteiger partial charge in [0.15, 0.2) is 0 Å². The van der Waals surface area contributed by atoms with Crippen molar-refractivity contribution in [1.29, 1.82) is 0 Å². The van der Waals surface area contributed by atoms with Crippen molar-refractivity contribution in [2.75, 3.05) is 6.54 Å². The van der Waals surface area contributed by atoms with E-state index in [0.717, 1.165) is 18.5 Å². The van der Waals surface area contributed by atoms with Crippen LogP contribution < -0.4 is 10.0 Å². The van der Waals surface area contributed by atoms with Crippen LogP contribution in [0.3, 0.4) is 0 Å². The fourth-order valence-electron chi connectivity index (χ4n) is 2.50. The molecule has 2 atom stereocenters. The maximum absolute atomic E-state index is 12.1. The number of hydrogen-bond donors (Lipinski definition) is 2. The molecule has 0 fully saturated rings. The third-order valence-electron chi connectivity index (χ3n) is 3.62. The average Bonchev–Trinajstić information content (AvgIpc) is 2.43. The first-order chi connectivity index (χ1) is 9.81. The molecule has 0 radical (unpaired) electrons. The Morgan fingerprint density at radius 2 is 1.62 bits per heavy atom. The van der Waals surface area contributed by atoms with Gasteiger partial charge in [-0.25, -0.2) is 13.1 Å². The van der Waals surface area contributed by atoms with E-state index in [0.29, 0.717) is 16.9 Å². The van der Waals surface area contributed by atoms with Crippen LogP contribution in [0.4, 0.5) is 0 Å². The van der Waals surface area contributed by atoms with E-state index >= 15 is 0 Å². The van der Waals surface area contributed by atoms with E-state index < -0.39 is 10.0 Å². The summed E-state index contributed by atoms with van der Waals surface area (Å²) in [6.07, 6.45) is 1.05. The van der Waals surface area contributed by atoms with Crippen molar-refractivity contribution >= 4 is 10.0 Å². The number of benzene rings is 1. The first kappa shape index (κ1) is 18.1. The highest BCUT2D eigenvalue weighted by molar-refractivity contribution is 7.89. The van der Waals surface area contributed by atoms with E-state index in [2.05, 4.69) is 30.8 Å². The van der Waals surface area contributed by atoms with Gasteiger partial charge in [-0.1, -0.05) is 32.9 Å². The highest BCUT2D eigenvalue weighted by atomic mass is 32.2. The molecule has 0 spiro atoms. The average molecular weight is 312 g/mol. The predicted molar refractivity (Wildman–Crippen MR) is 88.1 cm³/mol. The predicted octanol–water partition coefficient (Wildman–Crippen LogP) is 2.86. The van der Waals surface area contributed by atoms with Gasteiger partial charge in [0, 0.05) is 12.1 Å². The summed E-state index contributed by atoms with van der Waals surface area (Å²) in [5.74, 6) is 0.352. The molecule has 4 nitrogen and oxygen atoms in total. The summed E-state index contributed by atoms with van der Waals surface area (Å²) in [4.78, 5) is 0.323. The third kappa shape index (κ3) is 5.09. The van der Waals surface area contributed by atoms with Gasteiger partial charge in [-0.15, -0.1) is 0 Å². The summed E-state index contributed by atoms with van der Waals surface area (Å²) >= 11 is 0. The fraction of sp³-hybridized carbons (Fsp3) is 0.625. The molecule has 0 aliphatic rings. The number of rotatable bonds is 8. The molecule has 1 aromatic carbocycles. The topological polar surface area (TPSA) is 58.2 Å². The number of nitrogens with one attached hydrogen (secondary N) is 2. The minimum atomic E-state index is -3.40. The first-order valence-electron chi connectivity index (χ1n) is 7.67. The van der Waals surface area contributed by atoms with Crippen LogP contribution in [0.25, 0.3) is 0 Å². The Balaban J connectivity index is 2.92. The Kier molecular flexibility index (Phi) is 6.84. The Morgan fingerprint density at radius 3 is 2.05 bits per heavy atom. The van der Waals surface area contributed by atoms with Crippen molar-refractivity contribution in [3.63, 3.8) is 0 Å². The zero-order valence-electron chi connectivity index (χ0n) is 13.7. The van der Waals surface area contributed by atoms with Crippen molar-refractivity contribution in [3.8, 4) is 0 Å². The van der Waals surface area contributed by atoms with Crippen LogP contribution in [-0.4, -0.2) is 27.0 Å². The van der Waals surface area contributed by atoms with Gasteiger partial charge in [0.05, 0.1) is 4.90 Å². The van der Waals surface area contributed by atoms with E-state index in [9.17, 15) is 8.42 Å². The normalized spacial score (nSPS) is 15.1. The van der Waals surface area contributed by atoms with Crippen LogP contribution in [0.5, 0.6) is 0 Å². The molecule has 0 aliphatic carbocycles. The Labute approximate surface area is 129 Å². The highest BCUT2D eigenvalue weighted by Gasteiger charge is 2.18. The maximum atomic E-state index is 12.1. The van der Waals surface area contributed by atoms with Gasteiger partial charge in [0.2, 0.25) is 10.0 Å². The van der Waals surface area contributed by atoms with Gasteiger partial charge in [-0.2, -0.15) is 0 Å². The smallest absolute Gasteiger partial charge is 0.240 e. The molecule has 1 aromatic rings. The lowest BCUT2D eigenvalue weighted by Crippen LogP contribution is -2.33. The molecule has 2 N–H and O–H groups in total. The number of hydrogen-bond acceptors (Lipinski definition) is 3. The van der Waals surface area contributed by atoms with E-state index in [1.54, 1.807) is 12.1 Å². The third-order valence-corrected chi connectivity index (χ3v) is 5.29. The van der Waals surface area contributed by atoms with Gasteiger partial charge in [-0.3, -0.25) is 0 Å². The molecule has 0 aliphatic heterocycles. The Hall–Kier alpha value is -0.910. The lowest BCUT2D eigenvalue weighted by atomic mass is 9.92. The number of sulfonamides is 1. The summed E-state index contributed by atoms with van der Waals surface area (Å²) in [5, 5.41) is 3.47. The lowest BCUT2D eigenvalue weighted by molar-refractivity contribution is 0.448. The van der Waals surface area contributed by atoms with Crippen LogP contribution in [0.15, 0.2) is 29.2 Å². The van der Waals surface area contributed by atoms with Crippen LogP contribution in [0.2, 0.25) is 0 Å². The zero-order valence-corrected chi connectivity index (χ0v) is 14.5. The quantitative estimate of drug-likeness (QED) is 0.776. The molecule has 0 amide bonds. The molecule has 0 saturated carbocycles. The monoisotopic (exact) mass is 312 g/mol. The van der Waals surface area contributed by atoms with Crippen molar-refractivity contribution in [2.45, 2.75) is 63.9 Å². The lowest BCUT2D eigenvalue weighted by Gasteiger charge is -2.24. The first-order valence-corrected chi connectivity index (χ1v) is 9.15. The zero-order chi connectivity index (χ0) is 16.0. The summed E-state index contributed by atoms with van der Waals surface area (Å²) in [7, 11) is -3.40. The van der Waals surface area contributed by atoms with Gasteiger partial charge in [-0.05, 0) is 50.4 Å². The van der Waals surface area contributed by atoms with Gasteiger partial charge < -0.3 is 5.32 Å². The second-order valence-corrected chi connectivity index (χ2v) is 7.42. The van der Waals surface area contributed by atoms with Gasteiger partial charge >= 0.3 is 0 Å². The van der Waals surface area contributed by atoms with Crippen molar-refractivity contribution in [2.24, 2.45) is 0 Å². The molecular weight excluding hydrogens is 284 g/mol. The highest BCUT2D eigenvalue weighted by Crippen LogP contribution is 2.22. The van der Waals surface area contributed by atoms with Crippen LogP contribution in [0, 0.1) is 0 Å². The van der Waals surface area contributed by atoms with E-state index in [1.165, 1.54) is 0 Å². The van der Waals surface area contributed by atoms with E-state index in [1.807, 2.05) is 26.0 Å². The molecule has 21 heavy (non-hydrogen) atoms. The van der Waals surface area contributed by atoms with E-state index in [4.69, 9.17) is 0 Å². The fourth-order valence-corrected chi connectivity index (χ4v) is 3.75. The standard InChI is InChI=1S/C16H28N2O2S/c1-6-16(17-7-2)13(5)14-8-10-15(11-9-14)21(19,20)18-12(3)4/h8-13,16-18H,6-7H2,1-5H3. The summed E-state index contributed by atoms with van der Waals surface area (Å²) in [6.45, 7) is 11.0. The molecule has 2 unspecified atom stereocenters. The molecular formula is C16H28N2O2S. The van der Waals surface area contributed by atoms with Crippen molar-refractivity contribution in [1.82, 2.24) is 10.0 Å². The largest absolute Gasteiger partial charge is 0.314 e. The number of likely N-dealkylation sites (N-methyl/N-ethyl adjacent to an activating group) is 1. The van der Waals surface area contributed by atoms with Crippen molar-refractivity contribution < 1.29 is 8.42 Å². The molecule has 120 valence electrons. The summed E-state index contributed by atoms with van der Waals surface area (Å²) in [6, 6.07) is 7.52. The SMILES string of the molecule is CCNC(CC)C(C)c1ccc(S(=O)(=O)NC(C)C)cc1. The second kappa shape index (κ2) is 7.92. The molecule has 0 heterocycles. The van der Waals surface area contributed by atoms with Crippen LogP contribution in [0.1, 0.15) is 52.5 Å². The summed E-state index contributed by atoms with van der Waals surface area (Å²) in [5.41, 5.74) is 1.16. The minimum absolute atomic E-state index is 0.105. The summed E-state index contributed by atoms with van der Waals surface area (Å²) < 4.78 is 26.8. The van der Waals surface area contributed by atoms with E-state index in [-0.39, 0.29) is 6.04 Å². The van der Waals surface area contributed by atoms with Crippen molar-refractivity contribution in [3.05, 3.63) is 29.8 Å².